The number of aromatic nitrogens is 1. The van der Waals surface area contributed by atoms with E-state index in [9.17, 15) is 13.2 Å². The summed E-state index contributed by atoms with van der Waals surface area (Å²) in [5, 5.41) is 0.531. The van der Waals surface area contributed by atoms with Crippen LogP contribution in [0.3, 0.4) is 0 Å². The fourth-order valence-electron chi connectivity index (χ4n) is 3.64. The van der Waals surface area contributed by atoms with Crippen molar-refractivity contribution in [3.8, 4) is 11.1 Å². The van der Waals surface area contributed by atoms with Crippen molar-refractivity contribution in [1.29, 1.82) is 0 Å². The number of carbonyl (C=O) groups is 1. The highest BCUT2D eigenvalue weighted by atomic mass is 35.5. The maximum atomic E-state index is 13.2. The minimum Gasteiger partial charge on any atom is -0.299 e. The van der Waals surface area contributed by atoms with E-state index >= 15 is 0 Å². The van der Waals surface area contributed by atoms with E-state index in [2.05, 4.69) is 9.71 Å². The van der Waals surface area contributed by atoms with Crippen molar-refractivity contribution in [2.75, 3.05) is 4.72 Å². The number of Topliss-reactive ketones (excluding diaryl/α,β-unsaturated/α-hetero) is 1. The van der Waals surface area contributed by atoms with Gasteiger partial charge in [0.15, 0.2) is 0 Å². The predicted molar refractivity (Wildman–Crippen MR) is 135 cm³/mol. The van der Waals surface area contributed by atoms with Gasteiger partial charge in [-0.2, -0.15) is 0 Å². The number of nitrogens with one attached hydrogen (secondary N) is 1. The third-order valence-electron chi connectivity index (χ3n) is 5.33. The lowest BCUT2D eigenvalue weighted by Crippen LogP contribution is -2.14. The molecule has 0 radical (unpaired) electrons. The highest BCUT2D eigenvalue weighted by Crippen LogP contribution is 2.30. The molecule has 0 aliphatic carbocycles. The SMILES string of the molecule is O=C(CCc1cccnc1)Cc1ccc(NS(=O)(=O)c2ccccc2-c2cccc(Cl)c2)cc1. The molecule has 34 heavy (non-hydrogen) atoms. The van der Waals surface area contributed by atoms with E-state index in [-0.39, 0.29) is 10.7 Å². The van der Waals surface area contributed by atoms with Crippen molar-refractivity contribution in [2.45, 2.75) is 24.2 Å². The molecule has 4 aromatic rings. The molecule has 0 spiro atoms. The Morgan fingerprint density at radius 2 is 1.68 bits per heavy atom. The summed E-state index contributed by atoms with van der Waals surface area (Å²) >= 11 is 6.10. The molecule has 4 rings (SSSR count). The van der Waals surface area contributed by atoms with Crippen LogP contribution in [-0.2, 0) is 27.7 Å². The van der Waals surface area contributed by atoms with Crippen molar-refractivity contribution in [2.24, 2.45) is 0 Å². The van der Waals surface area contributed by atoms with E-state index in [1.54, 1.807) is 79.1 Å². The standard InChI is InChI=1S/C27H23ClN2O3S/c28-23-7-3-6-22(18-23)26-8-1-2-9-27(26)34(32,33)30-24-13-10-20(11-14-24)17-25(31)15-12-21-5-4-16-29-19-21/h1-11,13-14,16,18-19,30H,12,15,17H2. The highest BCUT2D eigenvalue weighted by Gasteiger charge is 2.19. The second-order valence-electron chi connectivity index (χ2n) is 7.89. The second-order valence-corrected chi connectivity index (χ2v) is 9.97. The molecule has 0 fully saturated rings. The number of nitrogens with zero attached hydrogens (tertiary/aromatic N) is 1. The summed E-state index contributed by atoms with van der Waals surface area (Å²) in [4.78, 5) is 16.6. The average Bonchev–Trinajstić information content (AvgIpc) is 2.84. The fourth-order valence-corrected chi connectivity index (χ4v) is 5.12. The maximum absolute atomic E-state index is 13.2. The van der Waals surface area contributed by atoms with Crippen LogP contribution >= 0.6 is 11.6 Å². The predicted octanol–water partition coefficient (Wildman–Crippen LogP) is 5.95. The Kier molecular flexibility index (Phi) is 7.40. The average molecular weight is 491 g/mol. The molecule has 3 aromatic carbocycles. The molecule has 0 saturated carbocycles. The zero-order valence-corrected chi connectivity index (χ0v) is 19.9. The molecule has 1 heterocycles. The summed E-state index contributed by atoms with van der Waals surface area (Å²) in [5.41, 5.74) is 3.56. The van der Waals surface area contributed by atoms with Crippen molar-refractivity contribution in [3.63, 3.8) is 0 Å². The molecule has 0 atom stereocenters. The molecular formula is C27H23ClN2O3S. The number of aryl methyl sites for hydroxylation is 1. The van der Waals surface area contributed by atoms with E-state index in [1.807, 2.05) is 18.2 Å². The van der Waals surface area contributed by atoms with E-state index < -0.39 is 10.0 Å². The van der Waals surface area contributed by atoms with Crippen LogP contribution in [0.5, 0.6) is 0 Å². The summed E-state index contributed by atoms with van der Waals surface area (Å²) in [6.45, 7) is 0. The summed E-state index contributed by atoms with van der Waals surface area (Å²) < 4.78 is 29.0. The van der Waals surface area contributed by atoms with Gasteiger partial charge in [-0.1, -0.05) is 60.1 Å². The molecule has 0 amide bonds. The number of carbonyl (C=O) groups excluding carboxylic acids is 1. The Morgan fingerprint density at radius 1 is 0.882 bits per heavy atom. The number of benzene rings is 3. The number of hydrogen-bond donors (Lipinski definition) is 1. The summed E-state index contributed by atoms with van der Waals surface area (Å²) in [5.74, 6) is 0.118. The van der Waals surface area contributed by atoms with Crippen molar-refractivity contribution < 1.29 is 13.2 Å². The molecule has 0 aliphatic heterocycles. The van der Waals surface area contributed by atoms with E-state index in [0.717, 1.165) is 11.1 Å². The summed E-state index contributed by atoms with van der Waals surface area (Å²) in [7, 11) is -3.85. The van der Waals surface area contributed by atoms with Gasteiger partial charge in [0, 0.05) is 41.5 Å². The minimum atomic E-state index is -3.85. The molecule has 0 aliphatic rings. The zero-order valence-electron chi connectivity index (χ0n) is 18.3. The van der Waals surface area contributed by atoms with E-state index in [0.29, 0.717) is 41.1 Å². The van der Waals surface area contributed by atoms with Crippen molar-refractivity contribution in [3.05, 3.63) is 113 Å². The Bertz CT molecular complexity index is 1390. The molecule has 0 unspecified atom stereocenters. The Labute approximate surface area is 204 Å². The first kappa shape index (κ1) is 23.7. The van der Waals surface area contributed by atoms with Gasteiger partial charge in [0.1, 0.15) is 5.78 Å². The van der Waals surface area contributed by atoms with Gasteiger partial charge in [0.05, 0.1) is 4.90 Å². The van der Waals surface area contributed by atoms with Gasteiger partial charge in [-0.25, -0.2) is 8.42 Å². The first-order valence-corrected chi connectivity index (χ1v) is 12.6. The van der Waals surface area contributed by atoms with Crippen molar-refractivity contribution >= 4 is 33.1 Å². The summed E-state index contributed by atoms with van der Waals surface area (Å²) in [6, 6.07) is 24.5. The lowest BCUT2D eigenvalue weighted by Gasteiger charge is -2.13. The number of sulfonamides is 1. The second kappa shape index (κ2) is 10.6. The smallest absolute Gasteiger partial charge is 0.262 e. The topological polar surface area (TPSA) is 76.1 Å². The minimum absolute atomic E-state index is 0.118. The van der Waals surface area contributed by atoms with Crippen LogP contribution in [0.25, 0.3) is 11.1 Å². The number of hydrogen-bond acceptors (Lipinski definition) is 4. The van der Waals surface area contributed by atoms with Crippen LogP contribution in [0, 0.1) is 0 Å². The lowest BCUT2D eigenvalue weighted by molar-refractivity contribution is -0.118. The van der Waals surface area contributed by atoms with Gasteiger partial charge in [-0.15, -0.1) is 0 Å². The Balaban J connectivity index is 1.44. The molecule has 0 bridgehead atoms. The molecule has 172 valence electrons. The molecular weight excluding hydrogens is 468 g/mol. The third-order valence-corrected chi connectivity index (χ3v) is 7.01. The largest absolute Gasteiger partial charge is 0.299 e. The summed E-state index contributed by atoms with van der Waals surface area (Å²) in [6.07, 6.45) is 4.84. The number of halogens is 1. The van der Waals surface area contributed by atoms with Crippen LogP contribution in [0.1, 0.15) is 17.5 Å². The van der Waals surface area contributed by atoms with Crippen LogP contribution in [-0.4, -0.2) is 19.2 Å². The Hall–Kier alpha value is -3.48. The van der Waals surface area contributed by atoms with Crippen LogP contribution < -0.4 is 4.72 Å². The molecule has 1 aromatic heterocycles. The van der Waals surface area contributed by atoms with Crippen LogP contribution in [0.2, 0.25) is 5.02 Å². The van der Waals surface area contributed by atoms with Gasteiger partial charge in [-0.05, 0) is 59.5 Å². The molecule has 1 N–H and O–H groups in total. The van der Waals surface area contributed by atoms with E-state index in [4.69, 9.17) is 11.6 Å². The third kappa shape index (κ3) is 6.10. The number of pyridine rings is 1. The number of ketones is 1. The van der Waals surface area contributed by atoms with Gasteiger partial charge < -0.3 is 0 Å². The monoisotopic (exact) mass is 490 g/mol. The lowest BCUT2D eigenvalue weighted by atomic mass is 10.0. The van der Waals surface area contributed by atoms with Gasteiger partial charge >= 0.3 is 0 Å². The first-order valence-electron chi connectivity index (χ1n) is 10.8. The van der Waals surface area contributed by atoms with Gasteiger partial charge in [-0.3, -0.25) is 14.5 Å². The van der Waals surface area contributed by atoms with E-state index in [1.165, 1.54) is 0 Å². The van der Waals surface area contributed by atoms with Gasteiger partial charge in [0.2, 0.25) is 0 Å². The number of anilines is 1. The normalized spacial score (nSPS) is 11.2. The highest BCUT2D eigenvalue weighted by molar-refractivity contribution is 7.92. The first-order chi connectivity index (χ1) is 16.4. The number of rotatable bonds is 9. The molecule has 5 nitrogen and oxygen atoms in total. The van der Waals surface area contributed by atoms with Gasteiger partial charge in [0.25, 0.3) is 10.0 Å². The van der Waals surface area contributed by atoms with Crippen molar-refractivity contribution in [1.82, 2.24) is 4.98 Å². The van der Waals surface area contributed by atoms with Crippen LogP contribution in [0.4, 0.5) is 5.69 Å². The Morgan fingerprint density at radius 3 is 2.41 bits per heavy atom. The fraction of sp³-hybridized carbons (Fsp3) is 0.111. The van der Waals surface area contributed by atoms with Crippen LogP contribution in [0.15, 0.2) is 102 Å². The molecule has 0 saturated heterocycles. The zero-order chi connectivity index (χ0) is 24.0. The maximum Gasteiger partial charge on any atom is 0.262 e. The molecule has 7 heteroatoms. The quantitative estimate of drug-likeness (QED) is 0.314.